The smallest absolute Gasteiger partial charge is 0.322 e. The molecule has 2 aromatic carbocycles. The van der Waals surface area contributed by atoms with Crippen LogP contribution in [0.25, 0.3) is 0 Å². The first-order chi connectivity index (χ1) is 13.1. The number of carbonyl (C=O) groups is 3. The van der Waals surface area contributed by atoms with Gasteiger partial charge in [0.1, 0.15) is 12.4 Å². The van der Waals surface area contributed by atoms with Crippen molar-refractivity contribution in [2.45, 2.75) is 24.9 Å². The molecule has 140 valence electrons. The molecule has 1 fully saturated rings. The summed E-state index contributed by atoms with van der Waals surface area (Å²) in [6, 6.07) is 15.4. The van der Waals surface area contributed by atoms with Crippen LogP contribution in [0, 0.1) is 0 Å². The van der Waals surface area contributed by atoms with Gasteiger partial charge in [-0.25, -0.2) is 4.79 Å². The number of para-hydroxylation sites is 1. The molecule has 2 aromatic rings. The van der Waals surface area contributed by atoms with Crippen molar-refractivity contribution in [2.75, 3.05) is 6.61 Å². The van der Waals surface area contributed by atoms with Crippen LogP contribution < -0.4 is 20.7 Å². The Morgan fingerprint density at radius 1 is 1.11 bits per heavy atom. The van der Waals surface area contributed by atoms with Crippen molar-refractivity contribution in [3.63, 3.8) is 0 Å². The number of hydrogen-bond donors (Lipinski definition) is 3. The molecular weight excluding hydrogens is 346 g/mol. The molecule has 7 heteroatoms. The van der Waals surface area contributed by atoms with Gasteiger partial charge in [-0.3, -0.25) is 14.9 Å². The normalized spacial score (nSPS) is 19.7. The molecule has 4 amide bonds. The molecule has 0 radical (unpaired) electrons. The summed E-state index contributed by atoms with van der Waals surface area (Å²) in [5.41, 5.74) is -0.225. The van der Waals surface area contributed by atoms with Gasteiger partial charge in [-0.1, -0.05) is 55.5 Å². The van der Waals surface area contributed by atoms with Crippen LogP contribution in [0.2, 0.25) is 0 Å². The van der Waals surface area contributed by atoms with Crippen molar-refractivity contribution < 1.29 is 19.1 Å². The van der Waals surface area contributed by atoms with Gasteiger partial charge >= 0.3 is 6.03 Å². The van der Waals surface area contributed by atoms with E-state index >= 15 is 0 Å². The molecular formula is C20H21N3O4. The van der Waals surface area contributed by atoms with E-state index in [9.17, 15) is 14.4 Å². The van der Waals surface area contributed by atoms with E-state index in [1.807, 2.05) is 13.0 Å². The van der Waals surface area contributed by atoms with Crippen molar-refractivity contribution in [3.8, 4) is 5.75 Å². The highest BCUT2D eigenvalue weighted by atomic mass is 16.5. The zero-order chi connectivity index (χ0) is 19.3. The number of ether oxygens (including phenoxy) is 1. The Labute approximate surface area is 157 Å². The van der Waals surface area contributed by atoms with Crippen LogP contribution in [0.5, 0.6) is 5.75 Å². The Hall–Kier alpha value is -3.35. The Kier molecular flexibility index (Phi) is 5.40. The molecule has 0 aliphatic carbocycles. The third-order valence-electron chi connectivity index (χ3n) is 4.60. The molecule has 1 aliphatic rings. The molecule has 0 bridgehead atoms. The first-order valence-electron chi connectivity index (χ1n) is 8.73. The highest BCUT2D eigenvalue weighted by Crippen LogP contribution is 2.38. The second-order valence-electron chi connectivity index (χ2n) is 6.22. The third kappa shape index (κ3) is 3.48. The molecule has 7 nitrogen and oxygen atoms in total. The average molecular weight is 367 g/mol. The van der Waals surface area contributed by atoms with Gasteiger partial charge < -0.3 is 15.4 Å². The first kappa shape index (κ1) is 18.4. The highest BCUT2D eigenvalue weighted by Gasteiger charge is 2.50. The lowest BCUT2D eigenvalue weighted by molar-refractivity contribution is -0.123. The predicted molar refractivity (Wildman–Crippen MR) is 99.1 cm³/mol. The van der Waals surface area contributed by atoms with Crippen LogP contribution in [-0.4, -0.2) is 31.0 Å². The molecule has 0 saturated carbocycles. The van der Waals surface area contributed by atoms with Gasteiger partial charge in [0.15, 0.2) is 5.54 Å². The molecule has 0 spiro atoms. The summed E-state index contributed by atoms with van der Waals surface area (Å²) in [4.78, 5) is 35.5. The van der Waals surface area contributed by atoms with Crippen molar-refractivity contribution in [2.24, 2.45) is 0 Å². The van der Waals surface area contributed by atoms with Gasteiger partial charge in [0.25, 0.3) is 5.91 Å². The van der Waals surface area contributed by atoms with Gasteiger partial charge in [-0.15, -0.1) is 0 Å². The fourth-order valence-corrected chi connectivity index (χ4v) is 3.16. The van der Waals surface area contributed by atoms with Crippen LogP contribution in [0.4, 0.5) is 4.79 Å². The SMILES string of the molecule is CCC(COc1ccccc1C1(c2ccccc2)NC(=O)NC1=O)NC=O. The summed E-state index contributed by atoms with van der Waals surface area (Å²) in [6.45, 7) is 2.18. The Bertz CT molecular complexity index is 840. The van der Waals surface area contributed by atoms with Gasteiger partial charge in [0, 0.05) is 5.56 Å². The lowest BCUT2D eigenvalue weighted by Gasteiger charge is -2.29. The van der Waals surface area contributed by atoms with Crippen LogP contribution in [0.15, 0.2) is 54.6 Å². The standard InChI is InChI=1S/C20H21N3O4/c1-2-15(21-13-24)12-27-17-11-7-6-10-16(17)20(14-8-4-3-5-9-14)18(25)22-19(26)23-20/h3-11,13,15H,2,12H2,1H3,(H,21,24)(H2,22,23,25,26). The highest BCUT2D eigenvalue weighted by molar-refractivity contribution is 6.09. The lowest BCUT2D eigenvalue weighted by Crippen LogP contribution is -2.45. The monoisotopic (exact) mass is 367 g/mol. The van der Waals surface area contributed by atoms with Gasteiger partial charge in [0.05, 0.1) is 6.04 Å². The Balaban J connectivity index is 2.03. The maximum absolute atomic E-state index is 12.8. The Morgan fingerprint density at radius 2 is 1.81 bits per heavy atom. The molecule has 1 heterocycles. The molecule has 1 aliphatic heterocycles. The number of imide groups is 1. The average Bonchev–Trinajstić information content (AvgIpc) is 3.00. The first-order valence-corrected chi connectivity index (χ1v) is 8.73. The third-order valence-corrected chi connectivity index (χ3v) is 4.60. The van der Waals surface area contributed by atoms with E-state index in [1.165, 1.54) is 0 Å². The lowest BCUT2D eigenvalue weighted by atomic mass is 9.82. The summed E-state index contributed by atoms with van der Waals surface area (Å²) in [5.74, 6) is -0.00217. The minimum Gasteiger partial charge on any atom is -0.491 e. The molecule has 27 heavy (non-hydrogen) atoms. The topological polar surface area (TPSA) is 96.5 Å². The number of rotatable bonds is 8. The van der Waals surface area contributed by atoms with Crippen LogP contribution >= 0.6 is 0 Å². The number of carbonyl (C=O) groups excluding carboxylic acids is 3. The Morgan fingerprint density at radius 3 is 2.44 bits per heavy atom. The second kappa shape index (κ2) is 7.90. The maximum atomic E-state index is 12.8. The predicted octanol–water partition coefficient (Wildman–Crippen LogP) is 1.67. The largest absolute Gasteiger partial charge is 0.491 e. The van der Waals surface area contributed by atoms with Gasteiger partial charge in [0.2, 0.25) is 6.41 Å². The second-order valence-corrected chi connectivity index (χ2v) is 6.22. The van der Waals surface area contributed by atoms with Crippen molar-refractivity contribution in [1.82, 2.24) is 16.0 Å². The quantitative estimate of drug-likeness (QED) is 0.488. The summed E-state index contributed by atoms with van der Waals surface area (Å²) >= 11 is 0. The van der Waals surface area contributed by atoms with Crippen LogP contribution in [0.1, 0.15) is 24.5 Å². The van der Waals surface area contributed by atoms with Crippen LogP contribution in [0.3, 0.4) is 0 Å². The van der Waals surface area contributed by atoms with E-state index in [-0.39, 0.29) is 12.6 Å². The zero-order valence-corrected chi connectivity index (χ0v) is 14.9. The minimum absolute atomic E-state index is 0.157. The molecule has 0 aromatic heterocycles. The van der Waals surface area contributed by atoms with E-state index in [1.54, 1.807) is 48.5 Å². The van der Waals surface area contributed by atoms with Gasteiger partial charge in [-0.05, 0) is 18.1 Å². The van der Waals surface area contributed by atoms with E-state index < -0.39 is 17.5 Å². The number of hydrogen-bond acceptors (Lipinski definition) is 4. The summed E-state index contributed by atoms with van der Waals surface area (Å²) in [6.07, 6.45) is 1.33. The number of benzene rings is 2. The van der Waals surface area contributed by atoms with Crippen molar-refractivity contribution in [3.05, 3.63) is 65.7 Å². The molecule has 2 atom stereocenters. The fraction of sp³-hybridized carbons (Fsp3) is 0.250. The summed E-state index contributed by atoms with van der Waals surface area (Å²) < 4.78 is 5.93. The summed E-state index contributed by atoms with van der Waals surface area (Å²) in [5, 5.41) is 7.78. The van der Waals surface area contributed by atoms with Crippen molar-refractivity contribution in [1.29, 1.82) is 0 Å². The number of nitrogens with one attached hydrogen (secondary N) is 3. The zero-order valence-electron chi connectivity index (χ0n) is 14.9. The van der Waals surface area contributed by atoms with E-state index in [0.29, 0.717) is 29.7 Å². The maximum Gasteiger partial charge on any atom is 0.322 e. The molecule has 2 unspecified atom stereocenters. The van der Waals surface area contributed by atoms with Crippen molar-refractivity contribution >= 4 is 18.3 Å². The molecule has 3 N–H and O–H groups in total. The fourth-order valence-electron chi connectivity index (χ4n) is 3.16. The minimum atomic E-state index is -1.38. The van der Waals surface area contributed by atoms with Gasteiger partial charge in [-0.2, -0.15) is 0 Å². The van der Waals surface area contributed by atoms with E-state index in [0.717, 1.165) is 0 Å². The van der Waals surface area contributed by atoms with E-state index in [4.69, 9.17) is 4.74 Å². The number of amides is 4. The van der Waals surface area contributed by atoms with Crippen LogP contribution in [-0.2, 0) is 15.1 Å². The van der Waals surface area contributed by atoms with E-state index in [2.05, 4.69) is 16.0 Å². The summed E-state index contributed by atoms with van der Waals surface area (Å²) in [7, 11) is 0. The molecule has 3 rings (SSSR count). The number of urea groups is 1. The molecule has 1 saturated heterocycles.